The van der Waals surface area contributed by atoms with Crippen molar-refractivity contribution in [2.45, 2.75) is 11.9 Å². The molecule has 2 aromatic carbocycles. The van der Waals surface area contributed by atoms with Gasteiger partial charge >= 0.3 is 0 Å². The van der Waals surface area contributed by atoms with Gasteiger partial charge in [0.15, 0.2) is 17.3 Å². The van der Waals surface area contributed by atoms with E-state index >= 15 is 4.39 Å². The van der Waals surface area contributed by atoms with Crippen molar-refractivity contribution in [3.05, 3.63) is 83.2 Å². The lowest BCUT2D eigenvalue weighted by atomic mass is 10.2. The van der Waals surface area contributed by atoms with E-state index in [1.165, 1.54) is 19.2 Å². The molecule has 1 aromatic heterocycles. The summed E-state index contributed by atoms with van der Waals surface area (Å²) in [6.45, 7) is -1.47. The maximum absolute atomic E-state index is 15.6. The van der Waals surface area contributed by atoms with Crippen molar-refractivity contribution in [1.82, 2.24) is 4.98 Å². The van der Waals surface area contributed by atoms with Gasteiger partial charge in [-0.25, -0.2) is 26.6 Å². The largest absolute Gasteiger partial charge is 0.497 e. The van der Waals surface area contributed by atoms with Crippen LogP contribution in [-0.4, -0.2) is 44.2 Å². The van der Waals surface area contributed by atoms with E-state index in [4.69, 9.17) is 21.6 Å². The van der Waals surface area contributed by atoms with Crippen LogP contribution in [-0.2, 0) is 16.6 Å². The molecule has 0 fully saturated rings. The van der Waals surface area contributed by atoms with Crippen LogP contribution in [0.4, 0.5) is 24.5 Å². The van der Waals surface area contributed by atoms with Gasteiger partial charge in [-0.15, -0.1) is 11.6 Å². The van der Waals surface area contributed by atoms with Crippen molar-refractivity contribution >= 4 is 38.9 Å². The highest BCUT2D eigenvalue weighted by Crippen LogP contribution is 2.31. The van der Waals surface area contributed by atoms with E-state index in [9.17, 15) is 22.0 Å². The van der Waals surface area contributed by atoms with E-state index in [1.54, 1.807) is 24.3 Å². The van der Waals surface area contributed by atoms with Gasteiger partial charge in [0.25, 0.3) is 5.91 Å². The van der Waals surface area contributed by atoms with Gasteiger partial charge in [0.2, 0.25) is 10.0 Å². The highest BCUT2D eigenvalue weighted by Gasteiger charge is 2.29. The smallest absolute Gasteiger partial charge is 0.258 e. The molecule has 1 N–H and O–H groups in total. The van der Waals surface area contributed by atoms with Crippen LogP contribution < -0.4 is 14.4 Å². The topological polar surface area (TPSA) is 112 Å². The lowest BCUT2D eigenvalue weighted by Crippen LogP contribution is -2.36. The Labute approximate surface area is 216 Å². The first-order chi connectivity index (χ1) is 17.6. The third-order valence-corrected chi connectivity index (χ3v) is 7.39. The van der Waals surface area contributed by atoms with Crippen LogP contribution in [0.2, 0.25) is 0 Å². The van der Waals surface area contributed by atoms with Crippen molar-refractivity contribution in [2.24, 2.45) is 0 Å². The van der Waals surface area contributed by atoms with E-state index in [-0.39, 0.29) is 6.54 Å². The number of carbonyl (C=O) groups is 1. The number of aromatic nitrogens is 1. The lowest BCUT2D eigenvalue weighted by Gasteiger charge is -2.26. The molecule has 0 saturated carbocycles. The Morgan fingerprint density at radius 2 is 1.89 bits per heavy atom. The fourth-order valence-corrected chi connectivity index (χ4v) is 5.28. The Kier molecular flexibility index (Phi) is 8.96. The molecule has 0 saturated heterocycles. The molecule has 0 spiro atoms. The molecule has 0 aliphatic rings. The number of hydrogen-bond donors (Lipinski definition) is 1. The number of hydrogen-bond acceptors (Lipinski definition) is 6. The molecular formula is C24H20ClF3N4O4S. The summed E-state index contributed by atoms with van der Waals surface area (Å²) in [5.41, 5.74) is -1.65. The number of carbonyl (C=O) groups excluding carboxylic acids is 1. The number of ether oxygens (including phenoxy) is 1. The van der Waals surface area contributed by atoms with Crippen molar-refractivity contribution in [3.8, 4) is 11.8 Å². The number of anilines is 2. The van der Waals surface area contributed by atoms with Gasteiger partial charge in [-0.2, -0.15) is 5.26 Å². The molecule has 194 valence electrons. The highest BCUT2D eigenvalue weighted by atomic mass is 35.5. The van der Waals surface area contributed by atoms with Crippen molar-refractivity contribution in [2.75, 3.05) is 29.2 Å². The summed E-state index contributed by atoms with van der Waals surface area (Å²) in [7, 11) is -2.91. The maximum atomic E-state index is 15.6. The molecule has 1 heterocycles. The minimum atomic E-state index is -4.36. The molecule has 8 nitrogen and oxygen atoms in total. The van der Waals surface area contributed by atoms with Crippen LogP contribution in [0.25, 0.3) is 0 Å². The molecule has 0 bridgehead atoms. The van der Waals surface area contributed by atoms with E-state index in [2.05, 4.69) is 10.3 Å². The molecule has 3 rings (SSSR count). The fraction of sp³-hybridized carbons (Fsp3) is 0.208. The summed E-state index contributed by atoms with van der Waals surface area (Å²) in [6, 6.07) is 12.4. The number of alkyl halides is 2. The number of halogens is 4. The third kappa shape index (κ3) is 6.49. The van der Waals surface area contributed by atoms with Crippen molar-refractivity contribution < 1.29 is 31.1 Å². The molecule has 13 heteroatoms. The number of amides is 1. The predicted octanol–water partition coefficient (Wildman–Crippen LogP) is 4.41. The number of benzene rings is 2. The van der Waals surface area contributed by atoms with Crippen LogP contribution in [0.5, 0.6) is 5.75 Å². The number of nitriles is 1. The summed E-state index contributed by atoms with van der Waals surface area (Å²) in [6.07, 6.45) is 1.04. The second-order valence-corrected chi connectivity index (χ2v) is 10.2. The predicted molar refractivity (Wildman–Crippen MR) is 132 cm³/mol. The molecule has 1 atom stereocenters. The van der Waals surface area contributed by atoms with Crippen LogP contribution >= 0.6 is 11.6 Å². The molecule has 0 radical (unpaired) electrons. The minimum Gasteiger partial charge on any atom is -0.497 e. The molecule has 1 amide bonds. The molecule has 1 unspecified atom stereocenters. The Bertz CT molecular complexity index is 1430. The van der Waals surface area contributed by atoms with Crippen LogP contribution in [0.3, 0.4) is 0 Å². The zero-order valence-electron chi connectivity index (χ0n) is 19.3. The van der Waals surface area contributed by atoms with Gasteiger partial charge in [0.05, 0.1) is 41.7 Å². The Morgan fingerprint density at radius 3 is 2.51 bits per heavy atom. The van der Waals surface area contributed by atoms with Gasteiger partial charge in [-0.1, -0.05) is 18.2 Å². The Hall–Kier alpha value is -3.82. The first-order valence-corrected chi connectivity index (χ1v) is 12.6. The monoisotopic (exact) mass is 552 g/mol. The second kappa shape index (κ2) is 11.9. The van der Waals surface area contributed by atoms with Crippen molar-refractivity contribution in [1.29, 1.82) is 5.26 Å². The fourth-order valence-electron chi connectivity index (χ4n) is 3.29. The third-order valence-electron chi connectivity index (χ3n) is 5.11. The number of rotatable bonds is 10. The summed E-state index contributed by atoms with van der Waals surface area (Å²) < 4.78 is 75.1. The number of pyridine rings is 1. The van der Waals surface area contributed by atoms with E-state index < -0.39 is 68.0 Å². The quantitative estimate of drug-likeness (QED) is 0.373. The van der Waals surface area contributed by atoms with E-state index in [0.717, 1.165) is 24.4 Å². The highest BCUT2D eigenvalue weighted by molar-refractivity contribution is 7.92. The summed E-state index contributed by atoms with van der Waals surface area (Å²) >= 11 is 5.76. The molecule has 0 aliphatic carbocycles. The zero-order valence-corrected chi connectivity index (χ0v) is 20.9. The number of sulfonamides is 1. The van der Waals surface area contributed by atoms with Crippen LogP contribution in [0.15, 0.2) is 54.7 Å². The number of nitrogens with one attached hydrogen (secondary N) is 1. The summed E-state index contributed by atoms with van der Waals surface area (Å²) in [5, 5.41) is 9.72. The molecular weight excluding hydrogens is 533 g/mol. The average Bonchev–Trinajstić information content (AvgIpc) is 2.88. The average molecular weight is 553 g/mol. The molecule has 3 aromatic rings. The standard InChI is InChI=1S/C24H20ClF3N4O4S/c1-36-17-7-5-15(6-8-17)13-32(37(34,35)14-16(25)11-26)21-4-2-3-19(23(21)28)31-24(33)18-9-10-30-20(12-29)22(18)27/h2-10,16H,11,13-14H2,1H3,(H,31,33). The first-order valence-electron chi connectivity index (χ1n) is 10.6. The normalized spacial score (nSPS) is 11.9. The van der Waals surface area contributed by atoms with Crippen molar-refractivity contribution in [3.63, 3.8) is 0 Å². The molecule has 37 heavy (non-hydrogen) atoms. The van der Waals surface area contributed by atoms with E-state index in [0.29, 0.717) is 15.6 Å². The lowest BCUT2D eigenvalue weighted by molar-refractivity contribution is 0.102. The summed E-state index contributed by atoms with van der Waals surface area (Å²) in [5.74, 6) is -3.74. The van der Waals surface area contributed by atoms with Gasteiger partial charge in [-0.3, -0.25) is 9.10 Å². The Morgan fingerprint density at radius 1 is 1.19 bits per heavy atom. The van der Waals surface area contributed by atoms with Crippen LogP contribution in [0, 0.1) is 23.0 Å². The number of methoxy groups -OCH3 is 1. The number of nitrogens with zero attached hydrogens (tertiary/aromatic N) is 3. The SMILES string of the molecule is COc1ccc(CN(c2cccc(NC(=O)c3ccnc(C#N)c3F)c2F)S(=O)(=O)CC(Cl)CF)cc1. The molecule has 0 aliphatic heterocycles. The van der Waals surface area contributed by atoms with Crippen LogP contribution in [0.1, 0.15) is 21.6 Å². The zero-order chi connectivity index (χ0) is 27.2. The van der Waals surface area contributed by atoms with Gasteiger partial charge in [0.1, 0.15) is 18.5 Å². The van der Waals surface area contributed by atoms with Gasteiger partial charge in [-0.05, 0) is 35.9 Å². The first kappa shape index (κ1) is 27.8. The maximum Gasteiger partial charge on any atom is 0.258 e. The van der Waals surface area contributed by atoms with Gasteiger partial charge < -0.3 is 10.1 Å². The van der Waals surface area contributed by atoms with E-state index in [1.807, 2.05) is 0 Å². The minimum absolute atomic E-state index is 0.346. The Balaban J connectivity index is 2.01. The van der Waals surface area contributed by atoms with Gasteiger partial charge in [0, 0.05) is 6.20 Å². The second-order valence-electron chi connectivity index (χ2n) is 7.61. The summed E-state index contributed by atoms with van der Waals surface area (Å²) in [4.78, 5) is 16.1.